The number of ether oxygens (including phenoxy) is 2. The van der Waals surface area contributed by atoms with E-state index < -0.39 is 18.0 Å². The summed E-state index contributed by atoms with van der Waals surface area (Å²) in [5, 5.41) is 9.08. The highest BCUT2D eigenvalue weighted by Gasteiger charge is 2.33. The molecule has 3 rings (SSSR count). The van der Waals surface area contributed by atoms with Crippen molar-refractivity contribution in [2.45, 2.75) is 63.5 Å². The lowest BCUT2D eigenvalue weighted by atomic mass is 9.85. The molecule has 3 amide bonds. The fraction of sp³-hybridized carbons (Fsp3) is 0.704. The van der Waals surface area contributed by atoms with Gasteiger partial charge in [0, 0.05) is 43.7 Å². The summed E-state index contributed by atoms with van der Waals surface area (Å²) in [6.07, 6.45) is 7.72. The number of piperidine rings is 1. The second-order valence-corrected chi connectivity index (χ2v) is 10.6. The van der Waals surface area contributed by atoms with Gasteiger partial charge >= 0.3 is 12.1 Å². The molecule has 2 fully saturated rings. The minimum atomic E-state index is -0.607. The Hall–Kier alpha value is -2.10. The third-order valence-electron chi connectivity index (χ3n) is 7.44. The van der Waals surface area contributed by atoms with Gasteiger partial charge in [-0.05, 0) is 38.3 Å². The van der Waals surface area contributed by atoms with Gasteiger partial charge in [-0.1, -0.05) is 55.8 Å². The van der Waals surface area contributed by atoms with Gasteiger partial charge in [0.2, 0.25) is 0 Å². The van der Waals surface area contributed by atoms with Gasteiger partial charge in [0.05, 0.1) is 24.8 Å². The van der Waals surface area contributed by atoms with E-state index in [2.05, 4.69) is 20.7 Å². The average molecular weight is 541 g/mol. The van der Waals surface area contributed by atoms with Crippen LogP contribution in [0.1, 0.15) is 63.0 Å². The molecule has 1 saturated heterocycles. The Balaban J connectivity index is 1.66. The number of likely N-dealkylation sites (N-methyl/N-ethyl adjacent to an activating group) is 1. The third-order valence-corrected chi connectivity index (χ3v) is 7.73. The molecule has 10 heteroatoms. The molecule has 208 valence electrons. The maximum absolute atomic E-state index is 15.0. The lowest BCUT2D eigenvalue weighted by Crippen LogP contribution is -2.52. The molecule has 3 atom stereocenters. The molecule has 0 radical (unpaired) electrons. The first-order valence-electron chi connectivity index (χ1n) is 13.5. The number of hydrogen-bond acceptors (Lipinski definition) is 5. The minimum Gasteiger partial charge on any atom is -0.453 e. The molecule has 0 bridgehead atoms. The van der Waals surface area contributed by atoms with Crippen LogP contribution < -0.4 is 16.0 Å². The number of methoxy groups -OCH3 is 1. The minimum absolute atomic E-state index is 0.0295. The molecule has 0 spiro atoms. The Morgan fingerprint density at radius 2 is 1.97 bits per heavy atom. The average Bonchev–Trinajstić information content (AvgIpc) is 2.91. The Morgan fingerprint density at radius 1 is 1.19 bits per heavy atom. The molecule has 1 saturated carbocycles. The van der Waals surface area contributed by atoms with E-state index in [1.54, 1.807) is 12.1 Å². The highest BCUT2D eigenvalue weighted by atomic mass is 35.5. The van der Waals surface area contributed by atoms with Gasteiger partial charge < -0.3 is 30.3 Å². The summed E-state index contributed by atoms with van der Waals surface area (Å²) in [6.45, 7) is 2.20. The molecule has 2 aliphatic rings. The largest absolute Gasteiger partial charge is 0.453 e. The monoisotopic (exact) mass is 540 g/mol. The predicted molar refractivity (Wildman–Crippen MR) is 142 cm³/mol. The van der Waals surface area contributed by atoms with Crippen LogP contribution in [-0.4, -0.2) is 70.0 Å². The number of alkyl carbamates (subject to hydrolysis) is 1. The molecule has 3 unspecified atom stereocenters. The van der Waals surface area contributed by atoms with Gasteiger partial charge in [0.15, 0.2) is 0 Å². The SMILES string of the molecule is CNCC(CC1CCCCC1)NC(=O)N1CCCC(C(OCCNC(=O)OC)c2cccc(Cl)c2F)C1. The number of carbonyl (C=O) groups excluding carboxylic acids is 2. The Labute approximate surface area is 225 Å². The van der Waals surface area contributed by atoms with Gasteiger partial charge in [0.1, 0.15) is 5.82 Å². The fourth-order valence-electron chi connectivity index (χ4n) is 5.60. The molecule has 1 aliphatic heterocycles. The number of halogens is 2. The second kappa shape index (κ2) is 15.3. The molecule has 8 nitrogen and oxygen atoms in total. The van der Waals surface area contributed by atoms with E-state index in [0.717, 1.165) is 25.8 Å². The van der Waals surface area contributed by atoms with E-state index in [1.807, 2.05) is 11.9 Å². The van der Waals surface area contributed by atoms with Gasteiger partial charge in [-0.25, -0.2) is 14.0 Å². The highest BCUT2D eigenvalue weighted by Crippen LogP contribution is 2.36. The standard InChI is InChI=1S/C27H42ClFN4O4/c1-30-17-21(16-19-8-4-3-5-9-19)32-26(34)33-14-7-10-20(18-33)25(37-15-13-31-27(35)36-2)22-11-6-12-23(28)24(22)29/h6,11-12,19-21,25,30H,3-5,7-10,13-18H2,1-2H3,(H,31,35)(H,32,34). The maximum atomic E-state index is 15.0. The van der Waals surface area contributed by atoms with E-state index in [-0.39, 0.29) is 36.2 Å². The van der Waals surface area contributed by atoms with Gasteiger partial charge in [-0.3, -0.25) is 0 Å². The van der Waals surface area contributed by atoms with Gasteiger partial charge in [-0.15, -0.1) is 0 Å². The van der Waals surface area contributed by atoms with E-state index >= 15 is 4.39 Å². The van der Waals surface area contributed by atoms with E-state index in [0.29, 0.717) is 24.6 Å². The number of nitrogens with zero attached hydrogens (tertiary/aromatic N) is 1. The number of carbonyl (C=O) groups is 2. The van der Waals surface area contributed by atoms with Crippen molar-refractivity contribution in [3.8, 4) is 0 Å². The number of rotatable bonds is 11. The summed E-state index contributed by atoms with van der Waals surface area (Å²) < 4.78 is 25.7. The summed E-state index contributed by atoms with van der Waals surface area (Å²) in [6, 6.07) is 4.86. The van der Waals surface area contributed by atoms with Gasteiger partial charge in [-0.2, -0.15) is 0 Å². The Kier molecular flexibility index (Phi) is 12.2. The van der Waals surface area contributed by atoms with Crippen molar-refractivity contribution in [3.63, 3.8) is 0 Å². The quantitative estimate of drug-likeness (QED) is 0.348. The van der Waals surface area contributed by atoms with Gasteiger partial charge in [0.25, 0.3) is 0 Å². The molecule has 37 heavy (non-hydrogen) atoms. The van der Waals surface area contributed by atoms with Crippen LogP contribution in [0.2, 0.25) is 5.02 Å². The van der Waals surface area contributed by atoms with Crippen LogP contribution in [-0.2, 0) is 9.47 Å². The molecular weight excluding hydrogens is 499 g/mol. The summed E-state index contributed by atoms with van der Waals surface area (Å²) in [7, 11) is 3.20. The first kappa shape index (κ1) is 29.5. The molecule has 1 heterocycles. The first-order valence-corrected chi connectivity index (χ1v) is 13.9. The smallest absolute Gasteiger partial charge is 0.406 e. The van der Waals surface area contributed by atoms with Crippen molar-refractivity contribution in [3.05, 3.63) is 34.6 Å². The molecule has 1 aliphatic carbocycles. The van der Waals surface area contributed by atoms with Crippen LogP contribution >= 0.6 is 11.6 Å². The topological polar surface area (TPSA) is 91.9 Å². The lowest BCUT2D eigenvalue weighted by Gasteiger charge is -2.38. The van der Waals surface area contributed by atoms with E-state index in [4.69, 9.17) is 16.3 Å². The van der Waals surface area contributed by atoms with Crippen molar-refractivity contribution < 1.29 is 23.5 Å². The number of urea groups is 1. The number of nitrogens with one attached hydrogen (secondary N) is 3. The van der Waals surface area contributed by atoms with E-state index in [1.165, 1.54) is 45.3 Å². The molecule has 1 aromatic carbocycles. The third kappa shape index (κ3) is 9.00. The zero-order valence-electron chi connectivity index (χ0n) is 22.1. The summed E-state index contributed by atoms with van der Waals surface area (Å²) >= 11 is 6.08. The normalized spacial score (nSPS) is 20.2. The first-order chi connectivity index (χ1) is 17.9. The van der Waals surface area contributed by atoms with Crippen LogP contribution in [0.25, 0.3) is 0 Å². The summed E-state index contributed by atoms with van der Waals surface area (Å²) in [5.74, 6) is 0.0219. The molecule has 0 aromatic heterocycles. The van der Waals surface area contributed by atoms with Crippen molar-refractivity contribution in [1.29, 1.82) is 0 Å². The van der Waals surface area contributed by atoms with Crippen LogP contribution in [0.3, 0.4) is 0 Å². The highest BCUT2D eigenvalue weighted by molar-refractivity contribution is 6.30. The zero-order chi connectivity index (χ0) is 26.6. The van der Waals surface area contributed by atoms with E-state index in [9.17, 15) is 9.59 Å². The summed E-state index contributed by atoms with van der Waals surface area (Å²) in [4.78, 5) is 26.5. The number of hydrogen-bond donors (Lipinski definition) is 3. The fourth-order valence-corrected chi connectivity index (χ4v) is 5.79. The predicted octanol–water partition coefficient (Wildman–Crippen LogP) is 4.87. The van der Waals surface area contributed by atoms with Crippen LogP contribution in [0.5, 0.6) is 0 Å². The second-order valence-electron chi connectivity index (χ2n) is 10.1. The Bertz CT molecular complexity index is 871. The maximum Gasteiger partial charge on any atom is 0.406 e. The zero-order valence-corrected chi connectivity index (χ0v) is 22.8. The van der Waals surface area contributed by atoms with Crippen molar-refractivity contribution >= 4 is 23.7 Å². The van der Waals surface area contributed by atoms with Crippen molar-refractivity contribution in [2.75, 3.05) is 46.9 Å². The van der Waals surface area contributed by atoms with Crippen LogP contribution in [0.4, 0.5) is 14.0 Å². The molecular formula is C27H42ClFN4O4. The van der Waals surface area contributed by atoms with Crippen LogP contribution in [0.15, 0.2) is 18.2 Å². The molecule has 3 N–H and O–H groups in total. The number of benzene rings is 1. The van der Waals surface area contributed by atoms with Crippen molar-refractivity contribution in [1.82, 2.24) is 20.9 Å². The lowest BCUT2D eigenvalue weighted by molar-refractivity contribution is -0.0106. The van der Waals surface area contributed by atoms with Crippen LogP contribution in [0, 0.1) is 17.7 Å². The van der Waals surface area contributed by atoms with Crippen molar-refractivity contribution in [2.24, 2.45) is 11.8 Å². The summed E-state index contributed by atoms with van der Waals surface area (Å²) in [5.41, 5.74) is 0.364. The molecule has 1 aromatic rings. The number of amides is 3. The Morgan fingerprint density at radius 3 is 2.70 bits per heavy atom. The number of likely N-dealkylation sites (tertiary alicyclic amines) is 1.